The highest BCUT2D eigenvalue weighted by atomic mass is 19.3. The highest BCUT2D eigenvalue weighted by molar-refractivity contribution is 6.00. The molecule has 2 aromatic carbocycles. The van der Waals surface area contributed by atoms with Gasteiger partial charge in [-0.15, -0.1) is 0 Å². The van der Waals surface area contributed by atoms with Crippen LogP contribution in [-0.4, -0.2) is 71.2 Å². The number of aromatic amines is 1. The fourth-order valence-electron chi connectivity index (χ4n) is 5.90. The molecule has 1 saturated carbocycles. The van der Waals surface area contributed by atoms with E-state index in [0.29, 0.717) is 37.2 Å². The summed E-state index contributed by atoms with van der Waals surface area (Å²) in [7, 11) is 1.57. The molecule has 214 valence electrons. The SMILES string of the molecule is COc1cccc2[nH]c(C(=O)N3CC4(CC3C)CC4(F)F)cc12.N#CC1CC(C(=O)Nc2ccccc2)CN1C=O. The van der Waals surface area contributed by atoms with Crippen LogP contribution in [-0.2, 0) is 9.59 Å². The molecule has 11 heteroatoms. The second-order valence-electron chi connectivity index (χ2n) is 11.0. The molecule has 0 bridgehead atoms. The fourth-order valence-corrected chi connectivity index (χ4v) is 5.90. The lowest BCUT2D eigenvalue weighted by Gasteiger charge is -2.20. The normalized spacial score (nSPS) is 25.8. The van der Waals surface area contributed by atoms with Crippen LogP contribution in [0.3, 0.4) is 0 Å². The number of para-hydroxylation sites is 1. The molecule has 0 radical (unpaired) electrons. The van der Waals surface area contributed by atoms with Crippen molar-refractivity contribution in [3.63, 3.8) is 0 Å². The molecule has 3 heterocycles. The topological polar surface area (TPSA) is 119 Å². The molecule has 3 fully saturated rings. The summed E-state index contributed by atoms with van der Waals surface area (Å²) in [5.74, 6) is -2.64. The van der Waals surface area contributed by atoms with Crippen LogP contribution in [0.15, 0.2) is 54.6 Å². The molecule has 9 nitrogen and oxygen atoms in total. The summed E-state index contributed by atoms with van der Waals surface area (Å²) in [5.41, 5.74) is 0.940. The third-order valence-corrected chi connectivity index (χ3v) is 8.27. The Bertz CT molecular complexity index is 1500. The molecule has 4 atom stereocenters. The molecule has 1 aliphatic carbocycles. The Morgan fingerprint density at radius 1 is 1.20 bits per heavy atom. The van der Waals surface area contributed by atoms with Gasteiger partial charge in [-0.05, 0) is 50.1 Å². The molecule has 2 N–H and O–H groups in total. The van der Waals surface area contributed by atoms with Crippen LogP contribution < -0.4 is 10.1 Å². The van der Waals surface area contributed by atoms with Crippen molar-refractivity contribution in [1.29, 1.82) is 5.26 Å². The summed E-state index contributed by atoms with van der Waals surface area (Å²) >= 11 is 0. The third kappa shape index (κ3) is 5.34. The van der Waals surface area contributed by atoms with E-state index in [2.05, 4.69) is 10.3 Å². The number of carbonyl (C=O) groups excluding carboxylic acids is 3. The minimum Gasteiger partial charge on any atom is -0.496 e. The monoisotopic (exact) mass is 563 g/mol. The van der Waals surface area contributed by atoms with Gasteiger partial charge < -0.3 is 24.8 Å². The quantitative estimate of drug-likeness (QED) is 0.445. The van der Waals surface area contributed by atoms with Gasteiger partial charge in [0.05, 0.1) is 24.5 Å². The fraction of sp³-hybridized carbons (Fsp3) is 0.400. The van der Waals surface area contributed by atoms with Crippen LogP contribution in [0.5, 0.6) is 5.75 Å². The zero-order valence-electron chi connectivity index (χ0n) is 22.8. The number of carbonyl (C=O) groups is 3. The Balaban J connectivity index is 0.000000170. The molecule has 3 aliphatic rings. The Hall–Kier alpha value is -4.46. The lowest BCUT2D eigenvalue weighted by molar-refractivity contribution is -0.120. The Morgan fingerprint density at radius 2 is 1.93 bits per heavy atom. The van der Waals surface area contributed by atoms with Crippen LogP contribution in [0.25, 0.3) is 10.9 Å². The van der Waals surface area contributed by atoms with Gasteiger partial charge in [0.1, 0.15) is 17.5 Å². The number of H-pyrrole nitrogens is 1. The number of amides is 3. The number of alkyl halides is 2. The molecular weight excluding hydrogens is 532 g/mol. The van der Waals surface area contributed by atoms with Gasteiger partial charge in [-0.3, -0.25) is 14.4 Å². The maximum atomic E-state index is 13.6. The van der Waals surface area contributed by atoms with Gasteiger partial charge in [0, 0.05) is 42.1 Å². The average Bonchev–Trinajstić information content (AvgIpc) is 3.45. The number of nitrogens with zero attached hydrogens (tertiary/aromatic N) is 3. The lowest BCUT2D eigenvalue weighted by Crippen LogP contribution is -2.34. The van der Waals surface area contributed by atoms with E-state index in [1.807, 2.05) is 49.4 Å². The number of anilines is 1. The first-order chi connectivity index (χ1) is 19.6. The van der Waals surface area contributed by atoms with Crippen molar-refractivity contribution in [3.05, 3.63) is 60.3 Å². The number of nitriles is 1. The lowest BCUT2D eigenvalue weighted by atomic mass is 10.0. The predicted octanol–water partition coefficient (Wildman–Crippen LogP) is 4.43. The van der Waals surface area contributed by atoms with E-state index in [-0.39, 0.29) is 36.7 Å². The van der Waals surface area contributed by atoms with Gasteiger partial charge in [0.15, 0.2) is 0 Å². The second-order valence-corrected chi connectivity index (χ2v) is 11.0. The Morgan fingerprint density at radius 3 is 2.51 bits per heavy atom. The van der Waals surface area contributed by atoms with E-state index in [4.69, 9.17) is 10.00 Å². The van der Waals surface area contributed by atoms with Crippen molar-refractivity contribution in [1.82, 2.24) is 14.8 Å². The standard InChI is InChI=1S/C17H18F2N2O2.C13H13N3O2/c1-10-7-16(8-17(16,18)19)9-21(10)15(22)13-6-11-12(20-13)4-3-5-14(11)23-2;14-7-12-6-10(8-16(12)9-17)13(18)15-11-4-2-1-3-5-11/h3-6,10,20H,7-9H2,1-2H3;1-5,9-10,12H,6,8H2,(H,15,18). The maximum absolute atomic E-state index is 13.6. The Kier molecular flexibility index (Phi) is 7.43. The number of hydrogen-bond donors (Lipinski definition) is 2. The van der Waals surface area contributed by atoms with Crippen LogP contribution in [0.2, 0.25) is 0 Å². The number of aromatic nitrogens is 1. The molecule has 4 unspecified atom stereocenters. The van der Waals surface area contributed by atoms with E-state index < -0.39 is 17.4 Å². The number of nitrogens with one attached hydrogen (secondary N) is 2. The van der Waals surface area contributed by atoms with Gasteiger partial charge in [-0.1, -0.05) is 24.3 Å². The van der Waals surface area contributed by atoms with Crippen LogP contribution in [0.1, 0.15) is 36.7 Å². The van der Waals surface area contributed by atoms with E-state index in [0.717, 1.165) is 16.6 Å². The van der Waals surface area contributed by atoms with E-state index in [9.17, 15) is 23.2 Å². The van der Waals surface area contributed by atoms with E-state index >= 15 is 0 Å². The zero-order valence-corrected chi connectivity index (χ0v) is 22.8. The smallest absolute Gasteiger partial charge is 0.270 e. The number of halogens is 2. The minimum atomic E-state index is -2.63. The molecule has 1 aromatic heterocycles. The summed E-state index contributed by atoms with van der Waals surface area (Å²) < 4.78 is 32.5. The number of ether oxygens (including phenoxy) is 1. The summed E-state index contributed by atoms with van der Waals surface area (Å²) in [6.07, 6.45) is 1.29. The van der Waals surface area contributed by atoms with Crippen LogP contribution in [0.4, 0.5) is 14.5 Å². The van der Waals surface area contributed by atoms with Crippen molar-refractivity contribution >= 4 is 34.8 Å². The second kappa shape index (κ2) is 10.8. The molecule has 41 heavy (non-hydrogen) atoms. The van der Waals surface area contributed by atoms with Crippen molar-refractivity contribution in [3.8, 4) is 11.8 Å². The van der Waals surface area contributed by atoms with Gasteiger partial charge in [0.2, 0.25) is 12.3 Å². The summed E-state index contributed by atoms with van der Waals surface area (Å²) in [6, 6.07) is 17.7. The largest absolute Gasteiger partial charge is 0.496 e. The third-order valence-electron chi connectivity index (χ3n) is 8.27. The molecule has 6 rings (SSSR count). The highest BCUT2D eigenvalue weighted by Crippen LogP contribution is 2.66. The number of methoxy groups -OCH3 is 1. The molecule has 2 aliphatic heterocycles. The van der Waals surface area contributed by atoms with Crippen molar-refractivity contribution in [2.45, 2.75) is 44.2 Å². The molecule has 1 spiro atoms. The Labute approximate surface area is 236 Å². The highest BCUT2D eigenvalue weighted by Gasteiger charge is 2.74. The number of likely N-dealkylation sites (tertiary alicyclic amines) is 2. The van der Waals surface area contributed by atoms with Crippen molar-refractivity contribution in [2.24, 2.45) is 11.3 Å². The van der Waals surface area contributed by atoms with E-state index in [1.54, 1.807) is 30.2 Å². The molecular formula is C30H31F2N5O4. The number of fused-ring (bicyclic) bond motifs is 1. The molecule has 3 aromatic rings. The first-order valence-corrected chi connectivity index (χ1v) is 13.4. The number of hydrogen-bond acceptors (Lipinski definition) is 5. The average molecular weight is 564 g/mol. The predicted molar refractivity (Wildman–Crippen MR) is 147 cm³/mol. The van der Waals surface area contributed by atoms with Crippen molar-refractivity contribution in [2.75, 3.05) is 25.5 Å². The summed E-state index contributed by atoms with van der Waals surface area (Å²) in [5, 5.41) is 12.5. The van der Waals surface area contributed by atoms with Gasteiger partial charge in [-0.2, -0.15) is 5.26 Å². The first-order valence-electron chi connectivity index (χ1n) is 13.4. The maximum Gasteiger partial charge on any atom is 0.270 e. The van der Waals surface area contributed by atoms with Crippen molar-refractivity contribution < 1.29 is 27.9 Å². The summed E-state index contributed by atoms with van der Waals surface area (Å²) in [6.45, 7) is 2.27. The van der Waals surface area contributed by atoms with E-state index in [1.165, 1.54) is 4.90 Å². The van der Waals surface area contributed by atoms with Gasteiger partial charge >= 0.3 is 0 Å². The van der Waals surface area contributed by atoms with Gasteiger partial charge in [0.25, 0.3) is 11.8 Å². The number of rotatable bonds is 5. The van der Waals surface area contributed by atoms with Crippen LogP contribution >= 0.6 is 0 Å². The minimum absolute atomic E-state index is 0.103. The summed E-state index contributed by atoms with van der Waals surface area (Å²) in [4.78, 5) is 41.5. The molecule has 2 saturated heterocycles. The van der Waals surface area contributed by atoms with Crippen LogP contribution in [0, 0.1) is 22.7 Å². The van der Waals surface area contributed by atoms with Gasteiger partial charge in [-0.25, -0.2) is 8.78 Å². The zero-order chi connectivity index (χ0) is 29.4. The number of benzene rings is 2. The molecule has 3 amide bonds. The first kappa shape index (κ1) is 28.1.